The molecule has 0 amide bonds. The minimum Gasteiger partial charge on any atom is -0.215 e. The monoisotopic (exact) mass is 206 g/mol. The van der Waals surface area contributed by atoms with E-state index in [1.165, 1.54) is 0 Å². The van der Waals surface area contributed by atoms with E-state index in [1.54, 1.807) is 0 Å². The van der Waals surface area contributed by atoms with Crippen LogP contribution in [-0.4, -0.2) is 27.3 Å². The fourth-order valence-corrected chi connectivity index (χ4v) is 2.19. The first-order valence-electron chi connectivity index (χ1n) is 3.96. The minimum absolute atomic E-state index is 0.0944. The molecule has 0 radical (unpaired) electrons. The minimum atomic E-state index is -3.19. The molecule has 0 saturated heterocycles. The molecule has 0 aliphatic carbocycles. The molecule has 0 spiro atoms. The lowest BCUT2D eigenvalue weighted by Gasteiger charge is -2.06. The van der Waals surface area contributed by atoms with Crippen molar-refractivity contribution in [2.75, 3.05) is 18.8 Å². The van der Waals surface area contributed by atoms with Crippen molar-refractivity contribution < 1.29 is 8.42 Å². The smallest absolute Gasteiger partial charge is 0.211 e. The molecule has 0 aliphatic heterocycles. The zero-order valence-electron chi connectivity index (χ0n) is 7.77. The van der Waals surface area contributed by atoms with Crippen LogP contribution in [0.15, 0.2) is 5.11 Å². The van der Waals surface area contributed by atoms with Gasteiger partial charge >= 0.3 is 0 Å². The summed E-state index contributed by atoms with van der Waals surface area (Å²) in [6.07, 6.45) is 0. The van der Waals surface area contributed by atoms with Crippen molar-refractivity contribution >= 4 is 10.0 Å². The molecule has 1 N–H and O–H groups in total. The maximum absolute atomic E-state index is 11.2. The van der Waals surface area contributed by atoms with Gasteiger partial charge in [-0.25, -0.2) is 13.1 Å². The SMILES string of the molecule is CC(C)CS(=O)(=O)NCCN=[N+]=[N-]. The Morgan fingerprint density at radius 2 is 2.15 bits per heavy atom. The largest absolute Gasteiger partial charge is 0.215 e. The summed E-state index contributed by atoms with van der Waals surface area (Å²) in [5.41, 5.74) is 7.92. The van der Waals surface area contributed by atoms with Crippen LogP contribution in [0.5, 0.6) is 0 Å². The van der Waals surface area contributed by atoms with Crippen LogP contribution < -0.4 is 4.72 Å². The number of hydrogen-bond donors (Lipinski definition) is 1. The Morgan fingerprint density at radius 1 is 1.54 bits per heavy atom. The Kier molecular flexibility index (Phi) is 5.45. The molecule has 0 rings (SSSR count). The summed E-state index contributed by atoms with van der Waals surface area (Å²) in [6, 6.07) is 0. The third-order valence-electron chi connectivity index (χ3n) is 1.15. The second kappa shape index (κ2) is 5.80. The molecule has 0 aliphatic rings. The average Bonchev–Trinajstić information content (AvgIpc) is 1.95. The number of nitrogens with one attached hydrogen (secondary N) is 1. The summed E-state index contributed by atoms with van der Waals surface area (Å²) in [7, 11) is -3.19. The molecule has 0 heterocycles. The fraction of sp³-hybridized carbons (Fsp3) is 1.00. The van der Waals surface area contributed by atoms with Gasteiger partial charge in [0.2, 0.25) is 10.0 Å². The normalized spacial score (nSPS) is 11.3. The average molecular weight is 206 g/mol. The van der Waals surface area contributed by atoms with E-state index < -0.39 is 10.0 Å². The zero-order chi connectivity index (χ0) is 10.3. The molecule has 0 atom stereocenters. The fourth-order valence-electron chi connectivity index (χ4n) is 0.794. The molecule has 0 bridgehead atoms. The first kappa shape index (κ1) is 12.2. The van der Waals surface area contributed by atoms with E-state index in [9.17, 15) is 8.42 Å². The second-order valence-electron chi connectivity index (χ2n) is 3.02. The quantitative estimate of drug-likeness (QED) is 0.302. The predicted octanol–water partition coefficient (Wildman–Crippen LogP) is 0.872. The highest BCUT2D eigenvalue weighted by atomic mass is 32.2. The summed E-state index contributed by atoms with van der Waals surface area (Å²) in [4.78, 5) is 2.51. The Labute approximate surface area is 78.0 Å². The number of hydrogen-bond acceptors (Lipinski definition) is 3. The third kappa shape index (κ3) is 7.58. The lowest BCUT2D eigenvalue weighted by atomic mass is 10.3. The Bertz CT molecular complexity index is 279. The molecule has 0 aromatic rings. The maximum atomic E-state index is 11.2. The number of sulfonamides is 1. The molecule has 6 nitrogen and oxygen atoms in total. The van der Waals surface area contributed by atoms with E-state index in [0.717, 1.165) is 0 Å². The van der Waals surface area contributed by atoms with E-state index in [-0.39, 0.29) is 24.8 Å². The Hall–Kier alpha value is -0.780. The van der Waals surface area contributed by atoms with Gasteiger partial charge in [-0.3, -0.25) is 0 Å². The molecule has 0 aromatic carbocycles. The summed E-state index contributed by atoms with van der Waals surface area (Å²) >= 11 is 0. The van der Waals surface area contributed by atoms with Crippen molar-refractivity contribution in [1.82, 2.24) is 4.72 Å². The standard InChI is InChI=1S/C6H14N4O2S/c1-6(2)5-13(11,12)9-4-3-8-10-7/h6,9H,3-5H2,1-2H3. The van der Waals surface area contributed by atoms with Gasteiger partial charge in [0.1, 0.15) is 0 Å². The number of azide groups is 1. The third-order valence-corrected chi connectivity index (χ3v) is 2.90. The van der Waals surface area contributed by atoms with Crippen LogP contribution in [0.4, 0.5) is 0 Å². The van der Waals surface area contributed by atoms with E-state index in [2.05, 4.69) is 14.7 Å². The van der Waals surface area contributed by atoms with Gasteiger partial charge in [-0.2, -0.15) is 0 Å². The molecule has 13 heavy (non-hydrogen) atoms. The molecular formula is C6H14N4O2S. The molecule has 0 fully saturated rings. The van der Waals surface area contributed by atoms with Crippen molar-refractivity contribution in [3.63, 3.8) is 0 Å². The van der Waals surface area contributed by atoms with Crippen LogP contribution in [0.25, 0.3) is 10.4 Å². The van der Waals surface area contributed by atoms with Gasteiger partial charge < -0.3 is 0 Å². The van der Waals surface area contributed by atoms with Crippen molar-refractivity contribution in [2.24, 2.45) is 11.0 Å². The van der Waals surface area contributed by atoms with Gasteiger partial charge in [-0.1, -0.05) is 19.0 Å². The topological polar surface area (TPSA) is 94.9 Å². The van der Waals surface area contributed by atoms with Crippen LogP contribution in [0.2, 0.25) is 0 Å². The molecule has 0 aromatic heterocycles. The molecular weight excluding hydrogens is 192 g/mol. The van der Waals surface area contributed by atoms with Crippen molar-refractivity contribution in [3.05, 3.63) is 10.4 Å². The number of rotatable bonds is 6. The van der Waals surface area contributed by atoms with Gasteiger partial charge in [-0.15, -0.1) is 0 Å². The first-order valence-corrected chi connectivity index (χ1v) is 5.61. The Balaban J connectivity index is 3.83. The maximum Gasteiger partial charge on any atom is 0.211 e. The van der Waals surface area contributed by atoms with Crippen molar-refractivity contribution in [1.29, 1.82) is 0 Å². The van der Waals surface area contributed by atoms with Crippen molar-refractivity contribution in [3.8, 4) is 0 Å². The van der Waals surface area contributed by atoms with Gasteiger partial charge in [0.05, 0.1) is 5.75 Å². The van der Waals surface area contributed by atoms with Gasteiger partial charge in [-0.05, 0) is 11.4 Å². The van der Waals surface area contributed by atoms with E-state index in [4.69, 9.17) is 5.53 Å². The Morgan fingerprint density at radius 3 is 2.62 bits per heavy atom. The van der Waals surface area contributed by atoms with Crippen LogP contribution in [0.1, 0.15) is 13.8 Å². The van der Waals surface area contributed by atoms with Crippen LogP contribution in [-0.2, 0) is 10.0 Å². The second-order valence-corrected chi connectivity index (χ2v) is 4.88. The van der Waals surface area contributed by atoms with Gasteiger partial charge in [0.15, 0.2) is 0 Å². The lowest BCUT2D eigenvalue weighted by molar-refractivity contribution is 0.568. The van der Waals surface area contributed by atoms with Gasteiger partial charge in [0.25, 0.3) is 0 Å². The molecule has 7 heteroatoms. The first-order chi connectivity index (χ1) is 5.98. The number of nitrogens with zero attached hydrogens (tertiary/aromatic N) is 3. The predicted molar refractivity (Wildman–Crippen MR) is 50.6 cm³/mol. The van der Waals surface area contributed by atoms with Crippen LogP contribution >= 0.6 is 0 Å². The highest BCUT2D eigenvalue weighted by Crippen LogP contribution is 1.96. The summed E-state index contributed by atoms with van der Waals surface area (Å²) in [5.74, 6) is 0.195. The van der Waals surface area contributed by atoms with E-state index >= 15 is 0 Å². The van der Waals surface area contributed by atoms with Gasteiger partial charge in [0, 0.05) is 18.0 Å². The summed E-state index contributed by atoms with van der Waals surface area (Å²) < 4.78 is 24.6. The highest BCUT2D eigenvalue weighted by Gasteiger charge is 2.10. The van der Waals surface area contributed by atoms with E-state index in [0.29, 0.717) is 0 Å². The van der Waals surface area contributed by atoms with Crippen LogP contribution in [0, 0.1) is 5.92 Å². The lowest BCUT2D eigenvalue weighted by Crippen LogP contribution is -2.30. The van der Waals surface area contributed by atoms with E-state index in [1.807, 2.05) is 13.8 Å². The molecule has 76 valence electrons. The van der Waals surface area contributed by atoms with Crippen molar-refractivity contribution in [2.45, 2.75) is 13.8 Å². The zero-order valence-corrected chi connectivity index (χ0v) is 8.58. The highest BCUT2D eigenvalue weighted by molar-refractivity contribution is 7.89. The van der Waals surface area contributed by atoms with Crippen LogP contribution in [0.3, 0.4) is 0 Å². The summed E-state index contributed by atoms with van der Waals surface area (Å²) in [6.45, 7) is 3.96. The molecule has 0 unspecified atom stereocenters. The summed E-state index contributed by atoms with van der Waals surface area (Å²) in [5, 5.41) is 3.21. The molecule has 0 saturated carbocycles.